The molecule has 0 aliphatic carbocycles. The lowest BCUT2D eigenvalue weighted by molar-refractivity contribution is 0.0953. The average Bonchev–Trinajstić information content (AvgIpc) is 3.53. The van der Waals surface area contributed by atoms with Crippen LogP contribution >= 0.6 is 34.4 Å². The summed E-state index contributed by atoms with van der Waals surface area (Å²) in [5, 5.41) is 13.9. The first-order chi connectivity index (χ1) is 13.9. The van der Waals surface area contributed by atoms with E-state index in [1.54, 1.807) is 40.7 Å². The highest BCUT2D eigenvalue weighted by atomic mass is 32.2. The summed E-state index contributed by atoms with van der Waals surface area (Å²) in [6.07, 6.45) is 4.16. The molecule has 0 saturated carbocycles. The second-order valence-electron chi connectivity index (χ2n) is 6.44. The molecule has 0 spiro atoms. The first-order valence-electron chi connectivity index (χ1n) is 9.06. The second-order valence-corrected chi connectivity index (χ2v) is 9.28. The van der Waals surface area contributed by atoms with Gasteiger partial charge < -0.3 is 9.15 Å². The molecule has 1 unspecified atom stereocenters. The molecule has 0 bridgehead atoms. The Hall–Kier alpha value is -1.94. The van der Waals surface area contributed by atoms with Crippen LogP contribution in [0.15, 0.2) is 50.9 Å². The molecule has 0 aromatic carbocycles. The van der Waals surface area contributed by atoms with Crippen molar-refractivity contribution in [1.82, 2.24) is 19.7 Å². The van der Waals surface area contributed by atoms with Gasteiger partial charge in [-0.3, -0.25) is 4.57 Å². The number of ether oxygens (including phenoxy) is 1. The number of nitrogens with zero attached hydrogens (tertiary/aromatic N) is 4. The van der Waals surface area contributed by atoms with Gasteiger partial charge in [0, 0.05) is 12.4 Å². The quantitative estimate of drug-likeness (QED) is 0.376. The van der Waals surface area contributed by atoms with Crippen LogP contribution in [0.5, 0.6) is 0 Å². The van der Waals surface area contributed by atoms with Gasteiger partial charge >= 0.3 is 0 Å². The summed E-state index contributed by atoms with van der Waals surface area (Å²) in [6.45, 7) is 1.62. The maximum atomic E-state index is 5.85. The molecule has 9 heteroatoms. The number of aromatic nitrogens is 4. The summed E-state index contributed by atoms with van der Waals surface area (Å²) in [5.41, 5.74) is 0.901. The minimum absolute atomic E-state index is 0.228. The maximum absolute atomic E-state index is 5.85. The van der Waals surface area contributed by atoms with Crippen LogP contribution in [0.4, 0.5) is 0 Å². The molecule has 1 aliphatic rings. The third-order valence-corrected chi connectivity index (χ3v) is 7.23. The summed E-state index contributed by atoms with van der Waals surface area (Å²) in [7, 11) is 0. The fourth-order valence-electron chi connectivity index (χ4n) is 3.17. The zero-order chi connectivity index (χ0) is 18.8. The fourth-order valence-corrected chi connectivity index (χ4v) is 5.36. The molecule has 1 atom stereocenters. The SMILES string of the molecule is c1csc(-c2nc(CSc3nnc(-c4cccs4)n3CC3CCCO3)co2)c1. The number of thiophene rings is 2. The van der Waals surface area contributed by atoms with E-state index in [0.29, 0.717) is 11.6 Å². The molecular weight excluding hydrogens is 412 g/mol. The summed E-state index contributed by atoms with van der Waals surface area (Å²) in [5.74, 6) is 2.27. The zero-order valence-electron chi connectivity index (χ0n) is 15.0. The average molecular weight is 431 g/mol. The Balaban J connectivity index is 1.35. The van der Waals surface area contributed by atoms with Crippen LogP contribution in [-0.4, -0.2) is 32.5 Å². The van der Waals surface area contributed by atoms with Crippen molar-refractivity contribution in [3.8, 4) is 21.5 Å². The Morgan fingerprint density at radius 3 is 2.75 bits per heavy atom. The predicted octanol–water partition coefficient (Wildman–Crippen LogP) is 5.19. The summed E-state index contributed by atoms with van der Waals surface area (Å²) in [4.78, 5) is 6.76. The van der Waals surface area contributed by atoms with Crippen molar-refractivity contribution in [2.24, 2.45) is 0 Å². The smallest absolute Gasteiger partial charge is 0.236 e. The lowest BCUT2D eigenvalue weighted by Gasteiger charge is -2.13. The van der Waals surface area contributed by atoms with Crippen LogP contribution in [0.1, 0.15) is 18.5 Å². The topological polar surface area (TPSA) is 66.0 Å². The fraction of sp³-hybridized carbons (Fsp3) is 0.316. The molecule has 0 amide bonds. The van der Waals surface area contributed by atoms with Crippen molar-refractivity contribution in [2.75, 3.05) is 6.61 Å². The van der Waals surface area contributed by atoms with Crippen LogP contribution < -0.4 is 0 Å². The summed E-state index contributed by atoms with van der Waals surface area (Å²) >= 11 is 4.93. The molecule has 4 aromatic rings. The summed E-state index contributed by atoms with van der Waals surface area (Å²) < 4.78 is 13.7. The number of rotatable bonds is 7. The highest BCUT2D eigenvalue weighted by molar-refractivity contribution is 7.98. The van der Waals surface area contributed by atoms with Crippen LogP contribution in [0.3, 0.4) is 0 Å². The molecular formula is C19H18N4O2S3. The van der Waals surface area contributed by atoms with Gasteiger partial charge in [0.05, 0.1) is 28.1 Å². The monoisotopic (exact) mass is 430 g/mol. The molecule has 28 heavy (non-hydrogen) atoms. The first kappa shape index (κ1) is 18.1. The maximum Gasteiger partial charge on any atom is 0.236 e. The van der Waals surface area contributed by atoms with E-state index in [1.807, 2.05) is 23.6 Å². The van der Waals surface area contributed by atoms with E-state index >= 15 is 0 Å². The number of oxazole rings is 1. The van der Waals surface area contributed by atoms with Gasteiger partial charge in [-0.25, -0.2) is 4.98 Å². The Morgan fingerprint density at radius 2 is 2.00 bits per heavy atom. The van der Waals surface area contributed by atoms with Gasteiger partial charge in [-0.2, -0.15) is 0 Å². The van der Waals surface area contributed by atoms with Gasteiger partial charge in [0.15, 0.2) is 11.0 Å². The Labute approximate surface area is 174 Å². The van der Waals surface area contributed by atoms with Crippen LogP contribution in [0.25, 0.3) is 21.5 Å². The molecule has 1 saturated heterocycles. The Bertz CT molecular complexity index is 1020. The van der Waals surface area contributed by atoms with Crippen molar-refractivity contribution >= 4 is 34.4 Å². The lowest BCUT2D eigenvalue weighted by atomic mass is 10.2. The van der Waals surface area contributed by atoms with E-state index < -0.39 is 0 Å². The van der Waals surface area contributed by atoms with Gasteiger partial charge in [0.2, 0.25) is 5.89 Å². The van der Waals surface area contributed by atoms with Crippen LogP contribution in [-0.2, 0) is 17.0 Å². The van der Waals surface area contributed by atoms with Crippen molar-refractivity contribution in [1.29, 1.82) is 0 Å². The molecule has 6 nitrogen and oxygen atoms in total. The van der Waals surface area contributed by atoms with Gasteiger partial charge in [-0.15, -0.1) is 32.9 Å². The molecule has 1 fully saturated rings. The Morgan fingerprint density at radius 1 is 1.14 bits per heavy atom. The molecule has 1 aliphatic heterocycles. The van der Waals surface area contributed by atoms with Crippen LogP contribution in [0, 0.1) is 0 Å². The highest BCUT2D eigenvalue weighted by Gasteiger charge is 2.22. The minimum atomic E-state index is 0.228. The third-order valence-electron chi connectivity index (χ3n) is 4.50. The van der Waals surface area contributed by atoms with E-state index in [1.165, 1.54) is 0 Å². The van der Waals surface area contributed by atoms with Gasteiger partial charge in [0.25, 0.3) is 0 Å². The molecule has 144 valence electrons. The molecule has 5 heterocycles. The van der Waals surface area contributed by atoms with Gasteiger partial charge in [-0.1, -0.05) is 23.9 Å². The van der Waals surface area contributed by atoms with Crippen LogP contribution in [0.2, 0.25) is 0 Å². The van der Waals surface area contributed by atoms with Crippen molar-refractivity contribution < 1.29 is 9.15 Å². The number of hydrogen-bond acceptors (Lipinski definition) is 8. The molecule has 0 radical (unpaired) electrons. The largest absolute Gasteiger partial charge is 0.444 e. The normalized spacial score (nSPS) is 16.8. The van der Waals surface area contributed by atoms with E-state index in [0.717, 1.165) is 52.4 Å². The standard InChI is InChI=1S/C19H18N4O2S3/c1-4-14(24-7-1)10-23-17(15-5-2-8-26-15)21-22-19(23)28-12-13-11-25-18(20-13)16-6-3-9-27-16/h2-3,5-6,8-9,11,14H,1,4,7,10,12H2. The van der Waals surface area contributed by atoms with Crippen molar-refractivity contribution in [3.63, 3.8) is 0 Å². The minimum Gasteiger partial charge on any atom is -0.444 e. The molecule has 4 aromatic heterocycles. The second kappa shape index (κ2) is 8.20. The first-order valence-corrected chi connectivity index (χ1v) is 11.8. The predicted molar refractivity (Wildman–Crippen MR) is 112 cm³/mol. The molecule has 0 N–H and O–H groups in total. The number of thioether (sulfide) groups is 1. The number of hydrogen-bond donors (Lipinski definition) is 0. The molecule has 5 rings (SSSR count). The summed E-state index contributed by atoms with van der Waals surface area (Å²) in [6, 6.07) is 8.14. The van der Waals surface area contributed by atoms with Gasteiger partial charge in [-0.05, 0) is 35.7 Å². The Kier molecular flexibility index (Phi) is 5.30. The lowest BCUT2D eigenvalue weighted by Crippen LogP contribution is -2.16. The third kappa shape index (κ3) is 3.80. The van der Waals surface area contributed by atoms with E-state index in [4.69, 9.17) is 9.15 Å². The van der Waals surface area contributed by atoms with Crippen molar-refractivity contribution in [2.45, 2.75) is 36.4 Å². The van der Waals surface area contributed by atoms with E-state index in [-0.39, 0.29) is 6.10 Å². The highest BCUT2D eigenvalue weighted by Crippen LogP contribution is 2.31. The zero-order valence-corrected chi connectivity index (χ0v) is 17.4. The van der Waals surface area contributed by atoms with Gasteiger partial charge in [0.1, 0.15) is 6.26 Å². The van der Waals surface area contributed by atoms with Crippen molar-refractivity contribution in [3.05, 3.63) is 47.0 Å². The van der Waals surface area contributed by atoms with E-state index in [2.05, 4.69) is 31.2 Å². The van der Waals surface area contributed by atoms with E-state index in [9.17, 15) is 0 Å².